The molecular weight excluding hydrogens is 319 g/mol. The number of benzene rings is 2. The van der Waals surface area contributed by atoms with Crippen LogP contribution in [0.5, 0.6) is 0 Å². The molecule has 1 aliphatic rings. The van der Waals surface area contributed by atoms with Crippen molar-refractivity contribution in [2.45, 2.75) is 39.5 Å². The molecule has 0 saturated carbocycles. The molecule has 0 atom stereocenters. The van der Waals surface area contributed by atoms with Gasteiger partial charge in [0.15, 0.2) is 0 Å². The van der Waals surface area contributed by atoms with Crippen LogP contribution in [0.4, 0.5) is 11.4 Å². The Morgan fingerprint density at radius 1 is 0.800 bits per heavy atom. The molecule has 1 radical (unpaired) electrons. The van der Waals surface area contributed by atoms with Crippen molar-refractivity contribution in [2.24, 2.45) is 0 Å². The maximum atomic E-state index is 4.85. The van der Waals surface area contributed by atoms with Gasteiger partial charge in [-0.2, -0.15) is 0 Å². The molecule has 0 spiro atoms. The fourth-order valence-corrected chi connectivity index (χ4v) is 2.74. The van der Waals surface area contributed by atoms with Crippen LogP contribution in [0, 0.1) is 0 Å². The average molecular weight is 339 g/mol. The molecular formula is C18H20NY-. The van der Waals surface area contributed by atoms with E-state index in [9.17, 15) is 0 Å². The van der Waals surface area contributed by atoms with Crippen LogP contribution < -0.4 is 0 Å². The first-order valence-corrected chi connectivity index (χ1v) is 7.25. The van der Waals surface area contributed by atoms with Crippen molar-refractivity contribution in [3.63, 3.8) is 0 Å². The minimum atomic E-state index is 0. The van der Waals surface area contributed by atoms with Crippen LogP contribution in [-0.4, -0.2) is 0 Å². The number of rotatable bonds is 2. The Kier molecular flexibility index (Phi) is 5.40. The van der Waals surface area contributed by atoms with Crippen molar-refractivity contribution in [2.75, 3.05) is 0 Å². The maximum absolute atomic E-state index is 4.85. The molecule has 1 aliphatic heterocycles. The van der Waals surface area contributed by atoms with E-state index in [-0.39, 0.29) is 32.7 Å². The quantitative estimate of drug-likeness (QED) is 0.710. The largest absolute Gasteiger partial charge is 0.657 e. The number of aryl methyl sites for hydroxylation is 4. The Labute approximate surface area is 147 Å². The average Bonchev–Trinajstić information content (AvgIpc) is 2.64. The van der Waals surface area contributed by atoms with Crippen LogP contribution in [-0.2, 0) is 58.4 Å². The van der Waals surface area contributed by atoms with Crippen LogP contribution in [0.2, 0.25) is 0 Å². The van der Waals surface area contributed by atoms with Crippen LogP contribution in [0.25, 0.3) is 5.32 Å². The van der Waals surface area contributed by atoms with E-state index < -0.39 is 0 Å². The van der Waals surface area contributed by atoms with Crippen LogP contribution in [0.1, 0.15) is 36.1 Å². The van der Waals surface area contributed by atoms with Crippen molar-refractivity contribution in [3.8, 4) is 0 Å². The summed E-state index contributed by atoms with van der Waals surface area (Å²) in [6.45, 7) is 4.41. The van der Waals surface area contributed by atoms with Crippen molar-refractivity contribution >= 4 is 11.4 Å². The summed E-state index contributed by atoms with van der Waals surface area (Å²) in [6, 6.07) is 13.4. The predicted molar refractivity (Wildman–Crippen MR) is 81.7 cm³/mol. The molecule has 3 rings (SSSR count). The fourth-order valence-electron chi connectivity index (χ4n) is 2.74. The van der Waals surface area contributed by atoms with Gasteiger partial charge in [0, 0.05) is 32.7 Å². The summed E-state index contributed by atoms with van der Waals surface area (Å²) in [5.74, 6) is 0. The summed E-state index contributed by atoms with van der Waals surface area (Å²) in [7, 11) is 0. The van der Waals surface area contributed by atoms with E-state index >= 15 is 0 Å². The van der Waals surface area contributed by atoms with E-state index in [0.29, 0.717) is 0 Å². The predicted octanol–water partition coefficient (Wildman–Crippen LogP) is 5.24. The SMILES string of the molecule is CCc1ccc2c(c1)CCc1cc(CC)ccc1[N-]2.[Y]. The molecule has 0 aliphatic carbocycles. The van der Waals surface area contributed by atoms with Gasteiger partial charge in [0.05, 0.1) is 0 Å². The number of hydrogen-bond donors (Lipinski definition) is 0. The standard InChI is InChI=1S/C18H20N.Y/c1-3-13-5-9-17-15(11-13)7-8-16-12-14(4-2)6-10-18(16)19-17;/h5-6,9-12H,3-4,7-8H2,1-2H3;/q-1;. The zero-order valence-electron chi connectivity index (χ0n) is 12.3. The van der Waals surface area contributed by atoms with E-state index in [4.69, 9.17) is 5.32 Å². The second-order valence-electron chi connectivity index (χ2n) is 5.25. The zero-order chi connectivity index (χ0) is 13.2. The molecule has 2 aromatic rings. The molecule has 2 heteroatoms. The first-order chi connectivity index (χ1) is 9.30. The number of fused-ring (bicyclic) bond motifs is 2. The van der Waals surface area contributed by atoms with Gasteiger partial charge in [-0.25, -0.2) is 0 Å². The van der Waals surface area contributed by atoms with Crippen molar-refractivity contribution in [1.82, 2.24) is 0 Å². The monoisotopic (exact) mass is 339 g/mol. The first kappa shape index (κ1) is 15.7. The van der Waals surface area contributed by atoms with Gasteiger partial charge in [-0.05, 0) is 36.8 Å². The van der Waals surface area contributed by atoms with Gasteiger partial charge in [-0.15, -0.1) is 11.4 Å². The van der Waals surface area contributed by atoms with Crippen LogP contribution in [0.15, 0.2) is 36.4 Å². The third-order valence-corrected chi connectivity index (χ3v) is 4.01. The molecule has 1 nitrogen and oxygen atoms in total. The molecule has 101 valence electrons. The third-order valence-electron chi connectivity index (χ3n) is 4.01. The van der Waals surface area contributed by atoms with Gasteiger partial charge in [-0.3, -0.25) is 0 Å². The second kappa shape index (κ2) is 6.87. The summed E-state index contributed by atoms with van der Waals surface area (Å²) in [5, 5.41) is 4.85. The molecule has 0 saturated heterocycles. The third kappa shape index (κ3) is 3.15. The summed E-state index contributed by atoms with van der Waals surface area (Å²) in [5.41, 5.74) is 7.92. The van der Waals surface area contributed by atoms with Crippen LogP contribution in [0.3, 0.4) is 0 Å². The van der Waals surface area contributed by atoms with Crippen molar-refractivity contribution in [1.29, 1.82) is 0 Å². The van der Waals surface area contributed by atoms with E-state index in [0.717, 1.165) is 37.1 Å². The first-order valence-electron chi connectivity index (χ1n) is 7.25. The Morgan fingerprint density at radius 3 is 1.65 bits per heavy atom. The van der Waals surface area contributed by atoms with E-state index in [1.165, 1.54) is 22.3 Å². The Morgan fingerprint density at radius 2 is 1.25 bits per heavy atom. The zero-order valence-corrected chi connectivity index (χ0v) is 15.2. The molecule has 0 fully saturated rings. The molecule has 0 unspecified atom stereocenters. The topological polar surface area (TPSA) is 14.1 Å². The van der Waals surface area contributed by atoms with Gasteiger partial charge in [-0.1, -0.05) is 61.4 Å². The summed E-state index contributed by atoms with van der Waals surface area (Å²) >= 11 is 0. The summed E-state index contributed by atoms with van der Waals surface area (Å²) in [6.07, 6.45) is 4.40. The number of hydrogen-bond acceptors (Lipinski definition) is 0. The molecule has 0 N–H and O–H groups in total. The van der Waals surface area contributed by atoms with Gasteiger partial charge in [0.25, 0.3) is 0 Å². The smallest absolute Gasteiger partial charge is 0 e. The number of nitrogens with zero attached hydrogens (tertiary/aromatic N) is 1. The normalized spacial score (nSPS) is 12.5. The van der Waals surface area contributed by atoms with Crippen molar-refractivity contribution < 1.29 is 32.7 Å². The Hall–Kier alpha value is -0.656. The molecule has 20 heavy (non-hydrogen) atoms. The molecule has 1 heterocycles. The van der Waals surface area contributed by atoms with Crippen LogP contribution >= 0.6 is 0 Å². The molecule has 0 amide bonds. The van der Waals surface area contributed by atoms with Gasteiger partial charge in [0.1, 0.15) is 0 Å². The fraction of sp³-hybridized carbons (Fsp3) is 0.333. The molecule has 0 bridgehead atoms. The van der Waals surface area contributed by atoms with E-state index in [1.54, 1.807) is 0 Å². The van der Waals surface area contributed by atoms with E-state index in [2.05, 4.69) is 50.2 Å². The minimum absolute atomic E-state index is 0. The van der Waals surface area contributed by atoms with Gasteiger partial charge in [0.2, 0.25) is 0 Å². The Balaban J connectivity index is 0.00000147. The second-order valence-corrected chi connectivity index (χ2v) is 5.25. The van der Waals surface area contributed by atoms with Crippen molar-refractivity contribution in [3.05, 3.63) is 64.0 Å². The van der Waals surface area contributed by atoms with E-state index in [1.807, 2.05) is 0 Å². The summed E-state index contributed by atoms with van der Waals surface area (Å²) < 4.78 is 0. The summed E-state index contributed by atoms with van der Waals surface area (Å²) in [4.78, 5) is 0. The minimum Gasteiger partial charge on any atom is -0.657 e. The Bertz CT molecular complexity index is 551. The van der Waals surface area contributed by atoms with Gasteiger partial charge >= 0.3 is 0 Å². The van der Waals surface area contributed by atoms with Gasteiger partial charge < -0.3 is 5.32 Å². The maximum Gasteiger partial charge on any atom is 0 e. The molecule has 2 aromatic carbocycles. The molecule has 0 aromatic heterocycles.